The number of hydrogen-bond acceptors (Lipinski definition) is 4. The standard InChI is InChI=1S/C24H28ClN3O3/c25-19-8-3-2-7-16(19)13-28-22-17(14-27-20(22)9-6-10-21(27)30)18(15-29)23(28)24(31)26-11-4-1-5-12-26/h2-3,6-10,17-18,22-23,29H,1,4-5,11-15H2/t17-,18-,22+,23-/m1/s1. The molecule has 1 N–H and O–H groups in total. The van der Waals surface area contributed by atoms with Crippen LogP contribution in [0.2, 0.25) is 5.02 Å². The molecule has 2 fully saturated rings. The molecule has 1 aromatic carbocycles. The first kappa shape index (κ1) is 20.7. The number of piperidine rings is 1. The van der Waals surface area contributed by atoms with E-state index in [0.29, 0.717) is 18.1 Å². The maximum absolute atomic E-state index is 13.7. The highest BCUT2D eigenvalue weighted by molar-refractivity contribution is 6.31. The summed E-state index contributed by atoms with van der Waals surface area (Å²) in [6.07, 6.45) is 3.21. The Bertz CT molecular complexity index is 1030. The first-order chi connectivity index (χ1) is 15.1. The summed E-state index contributed by atoms with van der Waals surface area (Å²) in [5.74, 6) is -0.104. The number of aliphatic hydroxyl groups is 1. The highest BCUT2D eigenvalue weighted by atomic mass is 35.5. The Labute approximate surface area is 187 Å². The van der Waals surface area contributed by atoms with E-state index in [1.165, 1.54) is 0 Å². The van der Waals surface area contributed by atoms with Crippen molar-refractivity contribution in [3.63, 3.8) is 0 Å². The van der Waals surface area contributed by atoms with E-state index in [4.69, 9.17) is 11.6 Å². The number of aromatic nitrogens is 1. The topological polar surface area (TPSA) is 65.8 Å². The third kappa shape index (κ3) is 3.51. The van der Waals surface area contributed by atoms with Crippen LogP contribution in [0.4, 0.5) is 0 Å². The smallest absolute Gasteiger partial charge is 0.250 e. The van der Waals surface area contributed by atoms with Crippen molar-refractivity contribution in [2.45, 2.75) is 44.4 Å². The van der Waals surface area contributed by atoms with Gasteiger partial charge in [-0.3, -0.25) is 14.5 Å². The highest BCUT2D eigenvalue weighted by Crippen LogP contribution is 2.50. The third-order valence-corrected chi connectivity index (χ3v) is 7.67. The lowest BCUT2D eigenvalue weighted by Crippen LogP contribution is -2.51. The molecule has 0 aliphatic carbocycles. The number of hydrogen-bond donors (Lipinski definition) is 1. The zero-order chi connectivity index (χ0) is 21.5. The summed E-state index contributed by atoms with van der Waals surface area (Å²) in [5.41, 5.74) is 1.85. The van der Waals surface area contributed by atoms with E-state index < -0.39 is 6.04 Å². The third-order valence-electron chi connectivity index (χ3n) is 7.30. The number of pyridine rings is 1. The van der Waals surface area contributed by atoms with E-state index in [0.717, 1.165) is 43.6 Å². The summed E-state index contributed by atoms with van der Waals surface area (Å²) in [6.45, 7) is 2.52. The van der Waals surface area contributed by atoms with Crippen molar-refractivity contribution in [3.05, 3.63) is 69.1 Å². The van der Waals surface area contributed by atoms with Gasteiger partial charge in [0.1, 0.15) is 0 Å². The monoisotopic (exact) mass is 441 g/mol. The van der Waals surface area contributed by atoms with Gasteiger partial charge in [-0.2, -0.15) is 0 Å². The Morgan fingerprint density at radius 1 is 1.06 bits per heavy atom. The van der Waals surface area contributed by atoms with E-state index in [9.17, 15) is 14.7 Å². The second-order valence-electron chi connectivity index (χ2n) is 8.95. The summed E-state index contributed by atoms with van der Waals surface area (Å²) in [6, 6.07) is 12.5. The lowest BCUT2D eigenvalue weighted by atomic mass is 9.88. The minimum atomic E-state index is -0.418. The van der Waals surface area contributed by atoms with Crippen molar-refractivity contribution in [3.8, 4) is 0 Å². The molecule has 7 heteroatoms. The predicted molar refractivity (Wildman–Crippen MR) is 119 cm³/mol. The summed E-state index contributed by atoms with van der Waals surface area (Å²) in [4.78, 5) is 30.4. The number of carbonyl (C=O) groups excluding carboxylic acids is 1. The van der Waals surface area contributed by atoms with Gasteiger partial charge in [0, 0.05) is 61.4 Å². The molecular weight excluding hydrogens is 414 g/mol. The van der Waals surface area contributed by atoms with Gasteiger partial charge in [0.25, 0.3) is 5.56 Å². The number of amides is 1. The molecule has 1 aromatic heterocycles. The van der Waals surface area contributed by atoms with Gasteiger partial charge >= 0.3 is 0 Å². The van der Waals surface area contributed by atoms with Crippen molar-refractivity contribution in [1.29, 1.82) is 0 Å². The molecule has 3 aliphatic heterocycles. The van der Waals surface area contributed by atoms with Gasteiger partial charge in [-0.15, -0.1) is 0 Å². The lowest BCUT2D eigenvalue weighted by molar-refractivity contribution is -0.139. The summed E-state index contributed by atoms with van der Waals surface area (Å²) in [5, 5.41) is 11.1. The molecule has 4 heterocycles. The predicted octanol–water partition coefficient (Wildman–Crippen LogP) is 2.68. The number of benzene rings is 1. The van der Waals surface area contributed by atoms with E-state index in [1.807, 2.05) is 35.2 Å². The van der Waals surface area contributed by atoms with E-state index in [2.05, 4.69) is 4.90 Å². The van der Waals surface area contributed by atoms with Gasteiger partial charge in [0.2, 0.25) is 5.91 Å². The fourth-order valence-electron chi connectivity index (χ4n) is 5.84. The molecule has 2 saturated heterocycles. The normalized spacial score (nSPS) is 27.9. The molecule has 0 saturated carbocycles. The average Bonchev–Trinajstić information content (AvgIpc) is 3.31. The van der Waals surface area contributed by atoms with E-state index in [-0.39, 0.29) is 36.0 Å². The Hall–Kier alpha value is -2.15. The van der Waals surface area contributed by atoms with Crippen molar-refractivity contribution in [2.24, 2.45) is 11.8 Å². The van der Waals surface area contributed by atoms with Crippen LogP contribution in [0.25, 0.3) is 0 Å². The van der Waals surface area contributed by atoms with E-state index >= 15 is 0 Å². The second kappa shape index (κ2) is 8.41. The Morgan fingerprint density at radius 2 is 1.84 bits per heavy atom. The number of carbonyl (C=O) groups is 1. The first-order valence-corrected chi connectivity index (χ1v) is 11.6. The molecule has 4 atom stereocenters. The number of aliphatic hydroxyl groups excluding tert-OH is 1. The van der Waals surface area contributed by atoms with Crippen molar-refractivity contribution in [2.75, 3.05) is 19.7 Å². The lowest BCUT2D eigenvalue weighted by Gasteiger charge is -2.36. The van der Waals surface area contributed by atoms with Crippen LogP contribution in [0.15, 0.2) is 47.3 Å². The average molecular weight is 442 g/mol. The molecule has 164 valence electrons. The zero-order valence-corrected chi connectivity index (χ0v) is 18.2. The molecule has 5 rings (SSSR count). The number of nitrogens with zero attached hydrogens (tertiary/aromatic N) is 3. The molecule has 0 bridgehead atoms. The molecule has 0 radical (unpaired) electrons. The van der Waals surface area contributed by atoms with Crippen LogP contribution in [0.3, 0.4) is 0 Å². The van der Waals surface area contributed by atoms with Crippen LogP contribution < -0.4 is 5.56 Å². The first-order valence-electron chi connectivity index (χ1n) is 11.2. The number of likely N-dealkylation sites (tertiary alicyclic amines) is 2. The van der Waals surface area contributed by atoms with Gasteiger partial charge < -0.3 is 14.6 Å². The zero-order valence-electron chi connectivity index (χ0n) is 17.5. The molecule has 0 unspecified atom stereocenters. The maximum atomic E-state index is 13.7. The Kier molecular flexibility index (Phi) is 5.63. The number of rotatable bonds is 4. The van der Waals surface area contributed by atoms with Gasteiger partial charge in [0.05, 0.1) is 12.1 Å². The van der Waals surface area contributed by atoms with Crippen LogP contribution in [0.1, 0.15) is 36.6 Å². The number of halogens is 1. The van der Waals surface area contributed by atoms with Crippen molar-refractivity contribution in [1.82, 2.24) is 14.4 Å². The Morgan fingerprint density at radius 3 is 2.58 bits per heavy atom. The second-order valence-corrected chi connectivity index (χ2v) is 9.36. The minimum absolute atomic E-state index is 0.0151. The number of fused-ring (bicyclic) bond motifs is 3. The quantitative estimate of drug-likeness (QED) is 0.792. The van der Waals surface area contributed by atoms with Crippen LogP contribution >= 0.6 is 11.6 Å². The summed E-state index contributed by atoms with van der Waals surface area (Å²) >= 11 is 6.49. The van der Waals surface area contributed by atoms with Gasteiger partial charge in [0.15, 0.2) is 0 Å². The largest absolute Gasteiger partial charge is 0.396 e. The van der Waals surface area contributed by atoms with Crippen LogP contribution in [-0.4, -0.2) is 51.1 Å². The molecule has 1 amide bonds. The van der Waals surface area contributed by atoms with Gasteiger partial charge in [-0.25, -0.2) is 0 Å². The summed E-state index contributed by atoms with van der Waals surface area (Å²) in [7, 11) is 0. The summed E-state index contributed by atoms with van der Waals surface area (Å²) < 4.78 is 1.80. The van der Waals surface area contributed by atoms with Gasteiger partial charge in [-0.05, 0) is 37.0 Å². The fraction of sp³-hybridized carbons (Fsp3) is 0.500. The molecular formula is C24H28ClN3O3. The fourth-order valence-corrected chi connectivity index (χ4v) is 6.04. The van der Waals surface area contributed by atoms with Crippen molar-refractivity contribution >= 4 is 17.5 Å². The maximum Gasteiger partial charge on any atom is 0.250 e. The van der Waals surface area contributed by atoms with Crippen LogP contribution in [0.5, 0.6) is 0 Å². The SMILES string of the molecule is O=C([C@H]1[C@H](CO)[C@H]2Cn3c(cccc3=O)[C@H]2N1Cc1ccccc1Cl)N1CCCCC1. The molecule has 0 spiro atoms. The van der Waals surface area contributed by atoms with Crippen LogP contribution in [0, 0.1) is 11.8 Å². The molecule has 2 aromatic rings. The molecule has 3 aliphatic rings. The van der Waals surface area contributed by atoms with Crippen molar-refractivity contribution < 1.29 is 9.90 Å². The molecule has 31 heavy (non-hydrogen) atoms. The van der Waals surface area contributed by atoms with Gasteiger partial charge in [-0.1, -0.05) is 35.9 Å². The van der Waals surface area contributed by atoms with Crippen LogP contribution in [-0.2, 0) is 17.9 Å². The highest BCUT2D eigenvalue weighted by Gasteiger charge is 2.56. The minimum Gasteiger partial charge on any atom is -0.396 e. The molecule has 6 nitrogen and oxygen atoms in total. The Balaban J connectivity index is 1.57. The van der Waals surface area contributed by atoms with E-state index in [1.54, 1.807) is 16.7 Å².